The lowest BCUT2D eigenvalue weighted by Crippen LogP contribution is -2.26. The quantitative estimate of drug-likeness (QED) is 0.493. The Morgan fingerprint density at radius 2 is 1.85 bits per heavy atom. The standard InChI is InChI=1S/C20H22FNO4S/c1-22(13-15-7-2-4-9-17(15)26-14-20(24)25)19(23)11-6-12-27-18-10-5-3-8-16(18)21/h2-5,7-10H,6,11-14H2,1H3,(H,24,25). The maximum absolute atomic E-state index is 13.6. The molecule has 7 heteroatoms. The van der Waals surface area contributed by atoms with E-state index >= 15 is 0 Å². The summed E-state index contributed by atoms with van der Waals surface area (Å²) in [5.41, 5.74) is 0.746. The first-order valence-corrected chi connectivity index (χ1v) is 9.49. The molecule has 0 aromatic heterocycles. The number of nitrogens with zero attached hydrogens (tertiary/aromatic N) is 1. The van der Waals surface area contributed by atoms with Gasteiger partial charge in [-0.2, -0.15) is 0 Å². The topological polar surface area (TPSA) is 66.8 Å². The summed E-state index contributed by atoms with van der Waals surface area (Å²) < 4.78 is 18.8. The molecule has 0 aliphatic rings. The monoisotopic (exact) mass is 391 g/mol. The number of carboxylic acids is 1. The van der Waals surface area contributed by atoms with E-state index in [2.05, 4.69) is 0 Å². The number of halogens is 1. The lowest BCUT2D eigenvalue weighted by molar-refractivity contribution is -0.139. The lowest BCUT2D eigenvalue weighted by Gasteiger charge is -2.19. The number of para-hydroxylation sites is 1. The Labute approximate surface area is 162 Å². The van der Waals surface area contributed by atoms with Crippen molar-refractivity contribution in [1.82, 2.24) is 4.90 Å². The zero-order valence-corrected chi connectivity index (χ0v) is 15.9. The van der Waals surface area contributed by atoms with Crippen LogP contribution >= 0.6 is 11.8 Å². The molecule has 144 valence electrons. The molecule has 1 amide bonds. The van der Waals surface area contributed by atoms with E-state index in [1.807, 2.05) is 6.07 Å². The number of carboxylic acid groups (broad SMARTS) is 1. The van der Waals surface area contributed by atoms with Crippen molar-refractivity contribution in [3.8, 4) is 5.75 Å². The first kappa shape index (κ1) is 20.8. The molecular weight excluding hydrogens is 369 g/mol. The number of rotatable bonds is 10. The molecule has 5 nitrogen and oxygen atoms in total. The highest BCUT2D eigenvalue weighted by Gasteiger charge is 2.13. The molecule has 2 aromatic rings. The summed E-state index contributed by atoms with van der Waals surface area (Å²) in [5.74, 6) is -0.226. The molecule has 1 N–H and O–H groups in total. The van der Waals surface area contributed by atoms with Crippen LogP contribution in [0.4, 0.5) is 4.39 Å². The van der Waals surface area contributed by atoms with Gasteiger partial charge in [-0.3, -0.25) is 4.79 Å². The number of amides is 1. The van der Waals surface area contributed by atoms with Crippen LogP contribution in [-0.4, -0.2) is 41.3 Å². The average Bonchev–Trinajstić information content (AvgIpc) is 2.65. The van der Waals surface area contributed by atoms with Gasteiger partial charge in [0, 0.05) is 30.5 Å². The molecule has 0 saturated heterocycles. The normalized spacial score (nSPS) is 10.4. The predicted molar refractivity (Wildman–Crippen MR) is 102 cm³/mol. The van der Waals surface area contributed by atoms with Gasteiger partial charge in [-0.05, 0) is 30.4 Å². The van der Waals surface area contributed by atoms with Crippen LogP contribution in [0, 0.1) is 5.82 Å². The number of aliphatic carboxylic acids is 1. The molecule has 0 bridgehead atoms. The van der Waals surface area contributed by atoms with Gasteiger partial charge in [0.1, 0.15) is 11.6 Å². The smallest absolute Gasteiger partial charge is 0.341 e. The van der Waals surface area contributed by atoms with Gasteiger partial charge in [-0.1, -0.05) is 30.3 Å². The zero-order valence-electron chi connectivity index (χ0n) is 15.1. The van der Waals surface area contributed by atoms with Gasteiger partial charge in [-0.15, -0.1) is 11.8 Å². The Bertz CT molecular complexity index is 784. The fourth-order valence-electron chi connectivity index (χ4n) is 2.42. The largest absolute Gasteiger partial charge is 0.482 e. The van der Waals surface area contributed by atoms with E-state index in [1.165, 1.54) is 17.8 Å². The molecule has 0 spiro atoms. The number of ether oxygens (including phenoxy) is 1. The van der Waals surface area contributed by atoms with Gasteiger partial charge in [0.05, 0.1) is 0 Å². The van der Waals surface area contributed by atoms with Crippen molar-refractivity contribution in [2.75, 3.05) is 19.4 Å². The highest BCUT2D eigenvalue weighted by Crippen LogP contribution is 2.23. The van der Waals surface area contributed by atoms with Gasteiger partial charge < -0.3 is 14.7 Å². The molecule has 0 fully saturated rings. The number of thioether (sulfide) groups is 1. The van der Waals surface area contributed by atoms with Crippen molar-refractivity contribution in [2.45, 2.75) is 24.3 Å². The minimum Gasteiger partial charge on any atom is -0.482 e. The van der Waals surface area contributed by atoms with Crippen LogP contribution < -0.4 is 4.74 Å². The van der Waals surface area contributed by atoms with Crippen LogP contribution in [0.5, 0.6) is 5.75 Å². The second kappa shape index (κ2) is 10.6. The molecule has 0 unspecified atom stereocenters. The van der Waals surface area contributed by atoms with Gasteiger partial charge in [0.25, 0.3) is 0 Å². The number of hydrogen-bond donors (Lipinski definition) is 1. The van der Waals surface area contributed by atoms with E-state index in [0.29, 0.717) is 35.8 Å². The van der Waals surface area contributed by atoms with Gasteiger partial charge >= 0.3 is 5.97 Å². The van der Waals surface area contributed by atoms with Crippen LogP contribution in [0.15, 0.2) is 53.4 Å². The fourth-order valence-corrected chi connectivity index (χ4v) is 3.31. The molecule has 2 rings (SSSR count). The Hall–Kier alpha value is -2.54. The van der Waals surface area contributed by atoms with E-state index in [0.717, 1.165) is 5.56 Å². The molecule has 27 heavy (non-hydrogen) atoms. The zero-order chi connectivity index (χ0) is 19.6. The van der Waals surface area contributed by atoms with Crippen molar-refractivity contribution in [3.05, 3.63) is 59.9 Å². The number of hydrogen-bond acceptors (Lipinski definition) is 4. The predicted octanol–water partition coefficient (Wildman–Crippen LogP) is 3.82. The van der Waals surface area contributed by atoms with Gasteiger partial charge in [-0.25, -0.2) is 9.18 Å². The number of carbonyl (C=O) groups is 2. The van der Waals surface area contributed by atoms with Crippen molar-refractivity contribution >= 4 is 23.6 Å². The summed E-state index contributed by atoms with van der Waals surface area (Å²) in [5, 5.41) is 8.74. The minimum absolute atomic E-state index is 0.0304. The van der Waals surface area contributed by atoms with Crippen molar-refractivity contribution < 1.29 is 23.8 Å². The minimum atomic E-state index is -1.05. The maximum Gasteiger partial charge on any atom is 0.341 e. The van der Waals surface area contributed by atoms with E-state index in [4.69, 9.17) is 9.84 Å². The van der Waals surface area contributed by atoms with Crippen molar-refractivity contribution in [1.29, 1.82) is 0 Å². The molecule has 0 saturated carbocycles. The first-order chi connectivity index (χ1) is 13.0. The highest BCUT2D eigenvalue weighted by atomic mass is 32.2. The van der Waals surface area contributed by atoms with Crippen LogP contribution in [0.2, 0.25) is 0 Å². The van der Waals surface area contributed by atoms with Crippen LogP contribution in [-0.2, 0) is 16.1 Å². The van der Waals surface area contributed by atoms with Crippen LogP contribution in [0.25, 0.3) is 0 Å². The third kappa shape index (κ3) is 6.94. The van der Waals surface area contributed by atoms with E-state index < -0.39 is 12.6 Å². The third-order valence-electron chi connectivity index (χ3n) is 3.79. The molecule has 0 aliphatic carbocycles. The van der Waals surface area contributed by atoms with Crippen LogP contribution in [0.3, 0.4) is 0 Å². The molecule has 0 atom stereocenters. The Morgan fingerprint density at radius 3 is 2.59 bits per heavy atom. The second-order valence-corrected chi connectivity index (χ2v) is 7.06. The SMILES string of the molecule is CN(Cc1ccccc1OCC(=O)O)C(=O)CCCSc1ccccc1F. The van der Waals surface area contributed by atoms with Crippen LogP contribution in [0.1, 0.15) is 18.4 Å². The Morgan fingerprint density at radius 1 is 1.15 bits per heavy atom. The average molecular weight is 391 g/mol. The van der Waals surface area contributed by atoms with Gasteiger partial charge in [0.2, 0.25) is 5.91 Å². The molecule has 0 aliphatic heterocycles. The molecule has 2 aromatic carbocycles. The maximum atomic E-state index is 13.6. The Balaban J connectivity index is 1.80. The summed E-state index contributed by atoms with van der Waals surface area (Å²) in [6, 6.07) is 13.6. The summed E-state index contributed by atoms with van der Waals surface area (Å²) >= 11 is 1.40. The van der Waals surface area contributed by atoms with E-state index in [1.54, 1.807) is 48.3 Å². The van der Waals surface area contributed by atoms with Gasteiger partial charge in [0.15, 0.2) is 6.61 Å². The molecule has 0 radical (unpaired) electrons. The van der Waals surface area contributed by atoms with Crippen molar-refractivity contribution in [3.63, 3.8) is 0 Å². The summed E-state index contributed by atoms with van der Waals surface area (Å²) in [7, 11) is 1.69. The lowest BCUT2D eigenvalue weighted by atomic mass is 10.2. The summed E-state index contributed by atoms with van der Waals surface area (Å²) in [6.45, 7) is -0.100. The first-order valence-electron chi connectivity index (χ1n) is 8.51. The molecular formula is C20H22FNO4S. The summed E-state index contributed by atoms with van der Waals surface area (Å²) in [6.07, 6.45) is 0.995. The highest BCUT2D eigenvalue weighted by molar-refractivity contribution is 7.99. The van der Waals surface area contributed by atoms with Crippen molar-refractivity contribution in [2.24, 2.45) is 0 Å². The summed E-state index contributed by atoms with van der Waals surface area (Å²) in [4.78, 5) is 25.1. The third-order valence-corrected chi connectivity index (χ3v) is 4.92. The fraction of sp³-hybridized carbons (Fsp3) is 0.300. The Kier molecular flexibility index (Phi) is 8.13. The number of benzene rings is 2. The molecule has 0 heterocycles. The van der Waals surface area contributed by atoms with E-state index in [9.17, 15) is 14.0 Å². The number of carbonyl (C=O) groups excluding carboxylic acids is 1. The second-order valence-electron chi connectivity index (χ2n) is 5.92. The van der Waals surface area contributed by atoms with E-state index in [-0.39, 0.29) is 11.7 Å².